The molecular formula is C20H18Cl2N4O7. The van der Waals surface area contributed by atoms with Crippen molar-refractivity contribution in [1.82, 2.24) is 5.32 Å². The fraction of sp³-hybridized carbons (Fsp3) is 0.200. The Hall–Kier alpha value is -3.70. The van der Waals surface area contributed by atoms with Crippen molar-refractivity contribution in [2.75, 3.05) is 17.8 Å². The van der Waals surface area contributed by atoms with Crippen LogP contribution >= 0.6 is 23.2 Å². The highest BCUT2D eigenvalue weighted by Crippen LogP contribution is 2.33. The lowest BCUT2D eigenvalue weighted by atomic mass is 10.1. The van der Waals surface area contributed by atoms with Gasteiger partial charge in [0.2, 0.25) is 5.91 Å². The van der Waals surface area contributed by atoms with Gasteiger partial charge in [0.15, 0.2) is 0 Å². The number of nitrogens with one attached hydrogen (secondary N) is 2. The third-order valence-electron chi connectivity index (χ3n) is 4.02. The average Bonchev–Trinajstić information content (AvgIpc) is 2.77. The van der Waals surface area contributed by atoms with Crippen LogP contribution in [-0.2, 0) is 19.1 Å². The van der Waals surface area contributed by atoms with Crippen LogP contribution in [0, 0.1) is 0 Å². The van der Waals surface area contributed by atoms with Crippen LogP contribution < -0.4 is 10.6 Å². The largest absolute Gasteiger partial charge is 0.478 e. The molecule has 0 atom stereocenters. The van der Waals surface area contributed by atoms with Crippen LogP contribution in [0.15, 0.2) is 52.7 Å². The number of carboxylic acid groups (broad SMARTS) is 2. The Morgan fingerprint density at radius 2 is 1.73 bits per heavy atom. The van der Waals surface area contributed by atoms with Gasteiger partial charge in [0.1, 0.15) is 11.6 Å². The summed E-state index contributed by atoms with van der Waals surface area (Å²) in [5.41, 5.74) is -2.48. The number of hydrogen-bond acceptors (Lipinski definition) is 8. The summed E-state index contributed by atoms with van der Waals surface area (Å²) < 4.78 is 5.02. The number of rotatable bonds is 10. The molecule has 0 unspecified atom stereocenters. The van der Waals surface area contributed by atoms with E-state index >= 15 is 0 Å². The molecule has 0 spiro atoms. The number of amides is 1. The zero-order chi connectivity index (χ0) is 24.6. The molecule has 0 saturated carbocycles. The number of carbonyl (C=O) groups is 4. The number of esters is 1. The monoisotopic (exact) mass is 496 g/mol. The summed E-state index contributed by atoms with van der Waals surface area (Å²) in [7, 11) is 0. The minimum absolute atomic E-state index is 0.0370. The average molecular weight is 497 g/mol. The number of para-hydroxylation sites is 1. The number of azo groups is 1. The van der Waals surface area contributed by atoms with Crippen molar-refractivity contribution >= 4 is 64.1 Å². The van der Waals surface area contributed by atoms with Gasteiger partial charge in [-0.3, -0.25) is 4.79 Å². The van der Waals surface area contributed by atoms with Gasteiger partial charge in [0.25, 0.3) is 0 Å². The summed E-state index contributed by atoms with van der Waals surface area (Å²) in [5, 5.41) is 30.9. The van der Waals surface area contributed by atoms with E-state index < -0.39 is 35.4 Å². The first-order valence-electron chi connectivity index (χ1n) is 9.24. The zero-order valence-electron chi connectivity index (χ0n) is 17.0. The molecule has 2 aromatic carbocycles. The summed E-state index contributed by atoms with van der Waals surface area (Å²) in [6.45, 7) is 1.81. The maximum atomic E-state index is 12.2. The number of alkyl halides is 1. The topological polar surface area (TPSA) is 167 Å². The summed E-state index contributed by atoms with van der Waals surface area (Å²) in [6.07, 6.45) is 0. The fourth-order valence-electron chi connectivity index (χ4n) is 2.49. The maximum Gasteiger partial charge on any atom is 0.366 e. The molecule has 0 aromatic heterocycles. The molecule has 4 N–H and O–H groups in total. The van der Waals surface area contributed by atoms with E-state index in [4.69, 9.17) is 27.9 Å². The standard InChI is InChI=1S/C20H18Cl2N4O7/c1-2-33-17(28)12-5-3-4-6-13(12)23-15-9-11(22)7-8-14(15)25-26-20(18(29)30,19(31)32)24-16(27)10-21/h3-9,23H,2,10H2,1H3,(H,24,27)(H,29,30)(H,31,32). The van der Waals surface area contributed by atoms with Crippen LogP contribution in [0.1, 0.15) is 17.3 Å². The number of ether oxygens (including phenoxy) is 1. The van der Waals surface area contributed by atoms with E-state index in [2.05, 4.69) is 15.5 Å². The Kier molecular flexibility index (Phi) is 8.71. The molecule has 13 heteroatoms. The van der Waals surface area contributed by atoms with Gasteiger partial charge in [-0.2, -0.15) is 5.11 Å². The molecule has 0 heterocycles. The van der Waals surface area contributed by atoms with Gasteiger partial charge >= 0.3 is 23.6 Å². The van der Waals surface area contributed by atoms with E-state index in [1.165, 1.54) is 24.3 Å². The molecule has 11 nitrogen and oxygen atoms in total. The van der Waals surface area contributed by atoms with Crippen molar-refractivity contribution in [1.29, 1.82) is 0 Å². The van der Waals surface area contributed by atoms with Gasteiger partial charge in [-0.1, -0.05) is 23.7 Å². The van der Waals surface area contributed by atoms with E-state index in [9.17, 15) is 29.4 Å². The quantitative estimate of drug-likeness (QED) is 0.167. The van der Waals surface area contributed by atoms with Crippen LogP contribution in [0.2, 0.25) is 5.02 Å². The molecule has 0 fully saturated rings. The van der Waals surface area contributed by atoms with Gasteiger partial charge < -0.3 is 25.6 Å². The van der Waals surface area contributed by atoms with E-state index in [-0.39, 0.29) is 28.6 Å². The Labute approximate surface area is 197 Å². The zero-order valence-corrected chi connectivity index (χ0v) is 18.6. The first kappa shape index (κ1) is 25.6. The minimum Gasteiger partial charge on any atom is -0.478 e. The number of benzene rings is 2. The lowest BCUT2D eigenvalue weighted by Gasteiger charge is -2.20. The second kappa shape index (κ2) is 11.2. The normalized spacial score (nSPS) is 11.1. The molecule has 0 aliphatic rings. The predicted octanol–water partition coefficient (Wildman–Crippen LogP) is 3.56. The summed E-state index contributed by atoms with van der Waals surface area (Å²) >= 11 is 11.4. The third-order valence-corrected chi connectivity index (χ3v) is 4.50. The number of carboxylic acids is 2. The van der Waals surface area contributed by atoms with Crippen LogP contribution in [0.5, 0.6) is 0 Å². The number of carbonyl (C=O) groups excluding carboxylic acids is 2. The van der Waals surface area contributed by atoms with E-state index in [1.807, 2.05) is 0 Å². The van der Waals surface area contributed by atoms with Crippen LogP contribution in [0.4, 0.5) is 17.1 Å². The Balaban J connectivity index is 2.52. The summed E-state index contributed by atoms with van der Waals surface area (Å²) in [4.78, 5) is 47.2. The molecule has 2 rings (SSSR count). The molecule has 0 aliphatic carbocycles. The van der Waals surface area contributed by atoms with E-state index in [0.717, 1.165) is 0 Å². The molecule has 1 amide bonds. The molecule has 0 bridgehead atoms. The molecule has 2 aromatic rings. The number of anilines is 2. The number of hydrogen-bond donors (Lipinski definition) is 4. The van der Waals surface area contributed by atoms with Crippen molar-refractivity contribution in [3.8, 4) is 0 Å². The predicted molar refractivity (Wildman–Crippen MR) is 119 cm³/mol. The van der Waals surface area contributed by atoms with Crippen molar-refractivity contribution in [3.63, 3.8) is 0 Å². The second-order valence-corrected chi connectivity index (χ2v) is 6.96. The fourth-order valence-corrected chi connectivity index (χ4v) is 2.73. The molecule has 0 aliphatic heterocycles. The highest BCUT2D eigenvalue weighted by molar-refractivity contribution is 6.31. The Bertz CT molecular complexity index is 1090. The van der Waals surface area contributed by atoms with Crippen LogP contribution in [0.25, 0.3) is 0 Å². The van der Waals surface area contributed by atoms with Gasteiger partial charge in [-0.25, -0.2) is 14.4 Å². The lowest BCUT2D eigenvalue weighted by molar-refractivity contribution is -0.160. The Morgan fingerprint density at radius 3 is 2.33 bits per heavy atom. The Morgan fingerprint density at radius 1 is 1.06 bits per heavy atom. The second-order valence-electron chi connectivity index (χ2n) is 6.26. The SMILES string of the molecule is CCOC(=O)c1ccccc1Nc1cc(Cl)ccc1N=NC(NC(=O)CCl)(C(=O)O)C(=O)O. The van der Waals surface area contributed by atoms with Crippen LogP contribution in [-0.4, -0.2) is 52.2 Å². The highest BCUT2D eigenvalue weighted by Gasteiger charge is 2.49. The van der Waals surface area contributed by atoms with Crippen molar-refractivity contribution in [2.45, 2.75) is 12.6 Å². The van der Waals surface area contributed by atoms with Gasteiger partial charge in [0.05, 0.1) is 23.5 Å². The number of aliphatic carboxylic acids is 2. The number of nitrogens with zero attached hydrogens (tertiary/aromatic N) is 2. The minimum atomic E-state index is -3.12. The first-order chi connectivity index (χ1) is 15.6. The highest BCUT2D eigenvalue weighted by atomic mass is 35.5. The molecule has 33 heavy (non-hydrogen) atoms. The van der Waals surface area contributed by atoms with Gasteiger partial charge in [-0.05, 0) is 37.3 Å². The van der Waals surface area contributed by atoms with Crippen molar-refractivity contribution < 1.29 is 34.1 Å². The van der Waals surface area contributed by atoms with Crippen LogP contribution in [0.3, 0.4) is 0 Å². The van der Waals surface area contributed by atoms with Gasteiger partial charge in [-0.15, -0.1) is 16.7 Å². The van der Waals surface area contributed by atoms with E-state index in [0.29, 0.717) is 5.69 Å². The lowest BCUT2D eigenvalue weighted by Crippen LogP contribution is -2.59. The maximum absolute atomic E-state index is 12.2. The molecule has 0 saturated heterocycles. The molecule has 174 valence electrons. The number of halogens is 2. The third kappa shape index (κ3) is 6.18. The molecule has 0 radical (unpaired) electrons. The first-order valence-corrected chi connectivity index (χ1v) is 10.1. The smallest absolute Gasteiger partial charge is 0.366 e. The van der Waals surface area contributed by atoms with Gasteiger partial charge in [0, 0.05) is 5.02 Å². The molecular weight excluding hydrogens is 479 g/mol. The van der Waals surface area contributed by atoms with Crippen molar-refractivity contribution in [2.24, 2.45) is 10.2 Å². The summed E-state index contributed by atoms with van der Waals surface area (Å²) in [6, 6.07) is 10.5. The summed E-state index contributed by atoms with van der Waals surface area (Å²) in [5.74, 6) is -6.36. The van der Waals surface area contributed by atoms with E-state index in [1.54, 1.807) is 30.4 Å². The van der Waals surface area contributed by atoms with Crippen molar-refractivity contribution in [3.05, 3.63) is 53.1 Å².